The van der Waals surface area contributed by atoms with E-state index in [1.807, 2.05) is 24.7 Å². The molecule has 1 rings (SSSR count). The number of rotatable bonds is 5. The minimum atomic E-state index is -0.429. The van der Waals surface area contributed by atoms with Crippen molar-refractivity contribution in [1.29, 1.82) is 0 Å². The highest BCUT2D eigenvalue weighted by Gasteiger charge is 2.12. The fourth-order valence-corrected chi connectivity index (χ4v) is 1.18. The van der Waals surface area contributed by atoms with E-state index in [1.165, 1.54) is 0 Å². The molecule has 86 valence electrons. The lowest BCUT2D eigenvalue weighted by Crippen LogP contribution is -2.15. The van der Waals surface area contributed by atoms with Crippen LogP contribution in [-0.2, 0) is 17.9 Å². The topological polar surface area (TPSA) is 39.9 Å². The molecule has 0 aromatic carbocycles. The standard InChI is InChI=1S/C10H19N3OS/c1-8(2)5-13-6-9(11-12-13)7-14-10(3,4)15/h6,8,15H,5,7H2,1-4H3. The zero-order chi connectivity index (χ0) is 11.5. The number of thiol groups is 1. The van der Waals surface area contributed by atoms with Crippen LogP contribution < -0.4 is 0 Å². The van der Waals surface area contributed by atoms with E-state index in [2.05, 4.69) is 36.8 Å². The van der Waals surface area contributed by atoms with Gasteiger partial charge in [-0.05, 0) is 19.8 Å². The van der Waals surface area contributed by atoms with E-state index in [-0.39, 0.29) is 0 Å². The lowest BCUT2D eigenvalue weighted by molar-refractivity contribution is 0.0392. The van der Waals surface area contributed by atoms with Crippen molar-refractivity contribution in [3.05, 3.63) is 11.9 Å². The highest BCUT2D eigenvalue weighted by atomic mass is 32.1. The molecule has 15 heavy (non-hydrogen) atoms. The summed E-state index contributed by atoms with van der Waals surface area (Å²) in [4.78, 5) is -0.429. The molecule has 0 spiro atoms. The van der Waals surface area contributed by atoms with E-state index >= 15 is 0 Å². The maximum Gasteiger partial charge on any atom is 0.108 e. The minimum Gasteiger partial charge on any atom is -0.359 e. The second kappa shape index (κ2) is 4.99. The molecule has 0 unspecified atom stereocenters. The van der Waals surface area contributed by atoms with Crippen molar-refractivity contribution < 1.29 is 4.74 Å². The van der Waals surface area contributed by atoms with Gasteiger partial charge in [0.15, 0.2) is 0 Å². The van der Waals surface area contributed by atoms with Gasteiger partial charge in [-0.25, -0.2) is 0 Å². The summed E-state index contributed by atoms with van der Waals surface area (Å²) in [5.41, 5.74) is 0.845. The van der Waals surface area contributed by atoms with Crippen LogP contribution in [0.4, 0.5) is 0 Å². The summed E-state index contributed by atoms with van der Waals surface area (Å²) in [5, 5.41) is 8.05. The third kappa shape index (κ3) is 5.18. The van der Waals surface area contributed by atoms with Gasteiger partial charge in [-0.2, -0.15) is 0 Å². The van der Waals surface area contributed by atoms with E-state index in [0.717, 1.165) is 12.2 Å². The molecular weight excluding hydrogens is 210 g/mol. The Morgan fingerprint density at radius 3 is 2.73 bits per heavy atom. The molecule has 0 bridgehead atoms. The molecule has 1 aromatic rings. The first kappa shape index (κ1) is 12.5. The minimum absolute atomic E-state index is 0.429. The van der Waals surface area contributed by atoms with E-state index in [9.17, 15) is 0 Å². The first-order valence-corrected chi connectivity index (χ1v) is 5.57. The molecular formula is C10H19N3OS. The van der Waals surface area contributed by atoms with Gasteiger partial charge in [0, 0.05) is 6.54 Å². The van der Waals surface area contributed by atoms with Gasteiger partial charge in [-0.15, -0.1) is 17.7 Å². The van der Waals surface area contributed by atoms with Gasteiger partial charge < -0.3 is 4.74 Å². The molecule has 0 aliphatic heterocycles. The Labute approximate surface area is 96.4 Å². The maximum absolute atomic E-state index is 5.48. The molecule has 0 fully saturated rings. The molecule has 4 nitrogen and oxygen atoms in total. The van der Waals surface area contributed by atoms with Gasteiger partial charge in [-0.1, -0.05) is 19.1 Å². The summed E-state index contributed by atoms with van der Waals surface area (Å²) in [6.07, 6.45) is 1.92. The van der Waals surface area contributed by atoms with Crippen molar-refractivity contribution in [3.8, 4) is 0 Å². The summed E-state index contributed by atoms with van der Waals surface area (Å²) in [6.45, 7) is 9.43. The average Bonchev–Trinajstić information content (AvgIpc) is 2.46. The molecule has 0 N–H and O–H groups in total. The lowest BCUT2D eigenvalue weighted by atomic mass is 10.2. The average molecular weight is 229 g/mol. The van der Waals surface area contributed by atoms with Crippen molar-refractivity contribution in [2.24, 2.45) is 5.92 Å². The molecule has 0 saturated carbocycles. The number of ether oxygens (including phenoxy) is 1. The van der Waals surface area contributed by atoms with Crippen LogP contribution in [0.2, 0.25) is 0 Å². The van der Waals surface area contributed by atoms with Gasteiger partial charge in [0.2, 0.25) is 0 Å². The highest BCUT2D eigenvalue weighted by molar-refractivity contribution is 7.81. The quantitative estimate of drug-likeness (QED) is 0.621. The molecule has 1 aromatic heterocycles. The van der Waals surface area contributed by atoms with E-state index in [1.54, 1.807) is 0 Å². The largest absolute Gasteiger partial charge is 0.359 e. The lowest BCUT2D eigenvalue weighted by Gasteiger charge is -2.17. The summed E-state index contributed by atoms with van der Waals surface area (Å²) in [7, 11) is 0. The van der Waals surface area contributed by atoms with Crippen molar-refractivity contribution in [3.63, 3.8) is 0 Å². The first-order chi connectivity index (χ1) is 6.87. The molecule has 0 aliphatic carbocycles. The monoisotopic (exact) mass is 229 g/mol. The molecule has 1 heterocycles. The predicted octanol–water partition coefficient (Wildman–Crippen LogP) is 2.12. The number of hydrogen-bond acceptors (Lipinski definition) is 4. The molecule has 0 aliphatic rings. The maximum atomic E-state index is 5.48. The van der Waals surface area contributed by atoms with E-state index in [4.69, 9.17) is 4.74 Å². The van der Waals surface area contributed by atoms with Gasteiger partial charge in [-0.3, -0.25) is 4.68 Å². The summed E-state index contributed by atoms with van der Waals surface area (Å²) >= 11 is 4.27. The fraction of sp³-hybridized carbons (Fsp3) is 0.800. The molecule has 0 atom stereocenters. The second-order valence-corrected chi connectivity index (χ2v) is 5.64. The Kier molecular flexibility index (Phi) is 4.16. The Hall–Kier alpha value is -0.550. The van der Waals surface area contributed by atoms with Crippen LogP contribution in [0.5, 0.6) is 0 Å². The van der Waals surface area contributed by atoms with Crippen molar-refractivity contribution in [2.45, 2.75) is 45.8 Å². The van der Waals surface area contributed by atoms with Gasteiger partial charge in [0.1, 0.15) is 10.6 Å². The molecule has 0 saturated heterocycles. The molecule has 5 heteroatoms. The van der Waals surface area contributed by atoms with Gasteiger partial charge >= 0.3 is 0 Å². The second-order valence-electron chi connectivity index (χ2n) is 4.56. The Bertz CT molecular complexity index is 304. The predicted molar refractivity (Wildman–Crippen MR) is 62.7 cm³/mol. The van der Waals surface area contributed by atoms with Crippen LogP contribution >= 0.6 is 12.6 Å². The zero-order valence-electron chi connectivity index (χ0n) is 9.77. The Morgan fingerprint density at radius 1 is 1.53 bits per heavy atom. The van der Waals surface area contributed by atoms with Crippen LogP contribution in [0.1, 0.15) is 33.4 Å². The van der Waals surface area contributed by atoms with Crippen LogP contribution in [0, 0.1) is 5.92 Å². The number of nitrogens with zero attached hydrogens (tertiary/aromatic N) is 3. The first-order valence-electron chi connectivity index (χ1n) is 5.12. The zero-order valence-corrected chi connectivity index (χ0v) is 10.7. The Balaban J connectivity index is 2.46. The molecule has 0 amide bonds. The van der Waals surface area contributed by atoms with Crippen molar-refractivity contribution >= 4 is 12.6 Å². The van der Waals surface area contributed by atoms with Crippen LogP contribution in [0.15, 0.2) is 6.20 Å². The summed E-state index contributed by atoms with van der Waals surface area (Å²) < 4.78 is 7.32. The highest BCUT2D eigenvalue weighted by Crippen LogP contribution is 2.15. The molecule has 0 radical (unpaired) electrons. The normalized spacial score (nSPS) is 12.4. The summed E-state index contributed by atoms with van der Waals surface area (Å²) in [5.74, 6) is 0.571. The van der Waals surface area contributed by atoms with Crippen LogP contribution in [0.3, 0.4) is 0 Å². The van der Waals surface area contributed by atoms with Crippen LogP contribution in [0.25, 0.3) is 0 Å². The van der Waals surface area contributed by atoms with Gasteiger partial charge in [0.25, 0.3) is 0 Å². The van der Waals surface area contributed by atoms with Gasteiger partial charge in [0.05, 0.1) is 12.8 Å². The van der Waals surface area contributed by atoms with Crippen molar-refractivity contribution in [2.75, 3.05) is 0 Å². The Morgan fingerprint density at radius 2 is 2.20 bits per heavy atom. The van der Waals surface area contributed by atoms with E-state index in [0.29, 0.717) is 12.5 Å². The number of aromatic nitrogens is 3. The summed E-state index contributed by atoms with van der Waals surface area (Å²) in [6, 6.07) is 0. The number of hydrogen-bond donors (Lipinski definition) is 1. The smallest absolute Gasteiger partial charge is 0.108 e. The van der Waals surface area contributed by atoms with Crippen molar-refractivity contribution in [1.82, 2.24) is 15.0 Å². The third-order valence-corrected chi connectivity index (χ3v) is 1.84. The van der Waals surface area contributed by atoms with E-state index < -0.39 is 4.93 Å². The SMILES string of the molecule is CC(C)Cn1cc(COC(C)(C)S)nn1. The fourth-order valence-electron chi connectivity index (χ4n) is 1.12. The van der Waals surface area contributed by atoms with Crippen LogP contribution in [-0.4, -0.2) is 19.9 Å². The third-order valence-electron chi connectivity index (χ3n) is 1.71.